The summed E-state index contributed by atoms with van der Waals surface area (Å²) in [5.41, 5.74) is 2.45. The summed E-state index contributed by atoms with van der Waals surface area (Å²) in [6.45, 7) is 1.51. The molecule has 2 aromatic heterocycles. The lowest BCUT2D eigenvalue weighted by Crippen LogP contribution is -2.07. The molecule has 0 unspecified atom stereocenters. The Kier molecular flexibility index (Phi) is 4.24. The van der Waals surface area contributed by atoms with Crippen molar-refractivity contribution in [3.8, 4) is 10.4 Å². The predicted molar refractivity (Wildman–Crippen MR) is 106 cm³/mol. The summed E-state index contributed by atoms with van der Waals surface area (Å²) in [7, 11) is 1.82. The van der Waals surface area contributed by atoms with Crippen LogP contribution in [0.3, 0.4) is 0 Å². The van der Waals surface area contributed by atoms with Gasteiger partial charge in [0.25, 0.3) is 0 Å². The number of nitrogens with zero attached hydrogens (tertiary/aromatic N) is 1. The van der Waals surface area contributed by atoms with Gasteiger partial charge in [-0.2, -0.15) is 0 Å². The molecular weight excluding hydrogens is 361 g/mol. The van der Waals surface area contributed by atoms with Gasteiger partial charge in [0.1, 0.15) is 5.82 Å². The second-order valence-electron chi connectivity index (χ2n) is 6.41. The minimum atomic E-state index is -0.325. The maximum absolute atomic E-state index is 13.4. The lowest BCUT2D eigenvalue weighted by Gasteiger charge is -2.06. The van der Waals surface area contributed by atoms with Crippen LogP contribution < -0.4 is 0 Å². The van der Waals surface area contributed by atoms with Gasteiger partial charge in [-0.1, -0.05) is 12.1 Å². The molecule has 27 heavy (non-hydrogen) atoms. The van der Waals surface area contributed by atoms with Gasteiger partial charge in [-0.25, -0.2) is 4.39 Å². The summed E-state index contributed by atoms with van der Waals surface area (Å²) in [4.78, 5) is 26.0. The van der Waals surface area contributed by atoms with E-state index in [1.165, 1.54) is 30.4 Å². The normalized spacial score (nSPS) is 11.1. The highest BCUT2D eigenvalue weighted by Crippen LogP contribution is 2.40. The Bertz CT molecular complexity index is 1180. The summed E-state index contributed by atoms with van der Waals surface area (Å²) >= 11 is 1.47. The van der Waals surface area contributed by atoms with Crippen molar-refractivity contribution in [2.75, 3.05) is 0 Å². The largest absolute Gasteiger partial charge is 0.348 e. The second-order valence-corrected chi connectivity index (χ2v) is 7.47. The standard InChI is InChI=1S/C22H16FNO2S/c1-13(25)15-7-10-19-17(12-15)20(21(26)18-4-3-11-24(18)2)22(27-19)14-5-8-16(23)9-6-14/h3-12H,1-2H3. The zero-order valence-electron chi connectivity index (χ0n) is 14.8. The van der Waals surface area contributed by atoms with Crippen molar-refractivity contribution in [2.45, 2.75) is 6.92 Å². The van der Waals surface area contributed by atoms with Crippen LogP contribution in [-0.2, 0) is 7.05 Å². The van der Waals surface area contributed by atoms with Crippen molar-refractivity contribution < 1.29 is 14.0 Å². The number of ketones is 2. The molecule has 0 aliphatic carbocycles. The molecule has 0 aliphatic heterocycles. The molecule has 4 aromatic rings. The van der Waals surface area contributed by atoms with Crippen LogP contribution in [0.4, 0.5) is 4.39 Å². The monoisotopic (exact) mass is 377 g/mol. The molecule has 134 valence electrons. The third-order valence-corrected chi connectivity index (χ3v) is 5.82. The Morgan fingerprint density at radius 2 is 1.78 bits per heavy atom. The van der Waals surface area contributed by atoms with E-state index in [-0.39, 0.29) is 17.4 Å². The van der Waals surface area contributed by atoms with Crippen LogP contribution in [0.25, 0.3) is 20.5 Å². The number of aromatic nitrogens is 1. The number of benzene rings is 2. The van der Waals surface area contributed by atoms with Gasteiger partial charge in [0.15, 0.2) is 5.78 Å². The minimum absolute atomic E-state index is 0.0521. The lowest BCUT2D eigenvalue weighted by molar-refractivity contribution is 0.101. The van der Waals surface area contributed by atoms with E-state index in [2.05, 4.69) is 0 Å². The SMILES string of the molecule is CC(=O)c1ccc2sc(-c3ccc(F)cc3)c(C(=O)c3cccn3C)c2c1. The fourth-order valence-electron chi connectivity index (χ4n) is 3.17. The summed E-state index contributed by atoms with van der Waals surface area (Å²) in [6.07, 6.45) is 1.82. The zero-order valence-corrected chi connectivity index (χ0v) is 15.6. The number of thiophene rings is 1. The van der Waals surface area contributed by atoms with E-state index in [9.17, 15) is 14.0 Å². The van der Waals surface area contributed by atoms with Crippen LogP contribution in [-0.4, -0.2) is 16.1 Å². The van der Waals surface area contributed by atoms with E-state index in [4.69, 9.17) is 0 Å². The molecule has 0 fully saturated rings. The van der Waals surface area contributed by atoms with Gasteiger partial charge in [-0.15, -0.1) is 11.3 Å². The van der Waals surface area contributed by atoms with Gasteiger partial charge >= 0.3 is 0 Å². The molecule has 0 bridgehead atoms. The molecule has 0 amide bonds. The Hall–Kier alpha value is -3.05. The molecule has 0 saturated carbocycles. The van der Waals surface area contributed by atoms with E-state index >= 15 is 0 Å². The second kappa shape index (κ2) is 6.59. The lowest BCUT2D eigenvalue weighted by atomic mass is 9.98. The Balaban J connectivity index is 2.02. The highest BCUT2D eigenvalue weighted by molar-refractivity contribution is 7.22. The maximum Gasteiger partial charge on any atom is 0.211 e. The molecule has 0 N–H and O–H groups in total. The van der Waals surface area contributed by atoms with Crippen molar-refractivity contribution in [1.82, 2.24) is 4.57 Å². The number of carbonyl (C=O) groups is 2. The highest BCUT2D eigenvalue weighted by atomic mass is 32.1. The van der Waals surface area contributed by atoms with Gasteiger partial charge < -0.3 is 4.57 Å². The zero-order chi connectivity index (χ0) is 19.1. The number of fused-ring (bicyclic) bond motifs is 1. The van der Waals surface area contributed by atoms with Crippen LogP contribution >= 0.6 is 11.3 Å². The van der Waals surface area contributed by atoms with Gasteiger partial charge in [-0.3, -0.25) is 9.59 Å². The highest BCUT2D eigenvalue weighted by Gasteiger charge is 2.23. The number of halogens is 1. The first-order valence-electron chi connectivity index (χ1n) is 8.45. The predicted octanol–water partition coefficient (Wildman–Crippen LogP) is 5.48. The van der Waals surface area contributed by atoms with Crippen LogP contribution in [0.1, 0.15) is 33.3 Å². The van der Waals surface area contributed by atoms with Crippen LogP contribution in [0.5, 0.6) is 0 Å². The molecule has 3 nitrogen and oxygen atoms in total. The van der Waals surface area contributed by atoms with Crippen LogP contribution in [0.15, 0.2) is 60.8 Å². The average Bonchev–Trinajstić information content (AvgIpc) is 3.24. The van der Waals surface area contributed by atoms with Crippen LogP contribution in [0, 0.1) is 5.82 Å². The maximum atomic E-state index is 13.4. The number of rotatable bonds is 4. The first-order chi connectivity index (χ1) is 13.0. The molecule has 2 aromatic carbocycles. The van der Waals surface area contributed by atoms with Gasteiger partial charge in [0.05, 0.1) is 11.3 Å². The summed E-state index contributed by atoms with van der Waals surface area (Å²) in [5, 5.41) is 0.748. The van der Waals surface area contributed by atoms with Crippen molar-refractivity contribution in [3.05, 3.63) is 83.4 Å². The molecule has 0 saturated heterocycles. The number of hydrogen-bond donors (Lipinski definition) is 0. The first kappa shape index (κ1) is 17.4. The molecule has 0 spiro atoms. The number of aryl methyl sites for hydroxylation is 1. The third-order valence-electron chi connectivity index (χ3n) is 4.60. The Morgan fingerprint density at radius 1 is 1.04 bits per heavy atom. The number of hydrogen-bond acceptors (Lipinski definition) is 3. The Morgan fingerprint density at radius 3 is 2.41 bits per heavy atom. The van der Waals surface area contributed by atoms with E-state index in [1.807, 2.05) is 25.4 Å². The van der Waals surface area contributed by atoms with Crippen molar-refractivity contribution in [1.29, 1.82) is 0 Å². The van der Waals surface area contributed by atoms with E-state index in [0.717, 1.165) is 20.5 Å². The summed E-state index contributed by atoms with van der Waals surface area (Å²) < 4.78 is 16.1. The fraction of sp³-hybridized carbons (Fsp3) is 0.0909. The average molecular weight is 377 g/mol. The molecule has 5 heteroatoms. The molecule has 2 heterocycles. The van der Waals surface area contributed by atoms with E-state index in [1.54, 1.807) is 34.9 Å². The van der Waals surface area contributed by atoms with Gasteiger partial charge in [0.2, 0.25) is 5.78 Å². The number of Topliss-reactive ketones (excluding diaryl/α,β-unsaturated/α-hetero) is 1. The fourth-order valence-corrected chi connectivity index (χ4v) is 4.36. The topological polar surface area (TPSA) is 39.1 Å². The number of carbonyl (C=O) groups excluding carboxylic acids is 2. The van der Waals surface area contributed by atoms with Gasteiger partial charge in [0, 0.05) is 33.8 Å². The molecule has 0 radical (unpaired) electrons. The van der Waals surface area contributed by atoms with Crippen LogP contribution in [0.2, 0.25) is 0 Å². The third kappa shape index (κ3) is 3.00. The smallest absolute Gasteiger partial charge is 0.211 e. The first-order valence-corrected chi connectivity index (χ1v) is 9.27. The Labute approximate surface area is 159 Å². The quantitative estimate of drug-likeness (QED) is 0.442. The molecule has 0 atom stereocenters. The van der Waals surface area contributed by atoms with E-state index in [0.29, 0.717) is 16.8 Å². The van der Waals surface area contributed by atoms with Gasteiger partial charge in [-0.05, 0) is 55.0 Å². The molecule has 0 aliphatic rings. The summed E-state index contributed by atoms with van der Waals surface area (Å²) in [5.74, 6) is -0.494. The van der Waals surface area contributed by atoms with Crippen molar-refractivity contribution >= 4 is 33.0 Å². The van der Waals surface area contributed by atoms with Crippen molar-refractivity contribution in [2.24, 2.45) is 7.05 Å². The minimum Gasteiger partial charge on any atom is -0.348 e. The molecular formula is C22H16FNO2S. The molecule has 4 rings (SSSR count). The van der Waals surface area contributed by atoms with Crippen molar-refractivity contribution in [3.63, 3.8) is 0 Å². The summed E-state index contributed by atoms with van der Waals surface area (Å²) in [6, 6.07) is 15.1. The van der Waals surface area contributed by atoms with E-state index < -0.39 is 0 Å².